The Labute approximate surface area is 134 Å². The molecule has 0 unspecified atom stereocenters. The minimum atomic E-state index is -0.361. The highest BCUT2D eigenvalue weighted by molar-refractivity contribution is 6.62. The third kappa shape index (κ3) is 9.10. The fourth-order valence-corrected chi connectivity index (χ4v) is 2.57. The number of hydrogen-bond acceptors (Lipinski definition) is 3. The Morgan fingerprint density at radius 3 is 1.62 bits per heavy atom. The summed E-state index contributed by atoms with van der Waals surface area (Å²) in [6, 6.07) is 1.38. The summed E-state index contributed by atoms with van der Waals surface area (Å²) in [6.45, 7) is 7.45. The first-order valence-corrected chi connectivity index (χ1v) is 8.11. The number of halogens is 1. The molecule has 0 aromatic rings. The molecule has 0 radical (unpaired) electrons. The second kappa shape index (κ2) is 10.2. The summed E-state index contributed by atoms with van der Waals surface area (Å²) in [5, 5.41) is 2.87. The van der Waals surface area contributed by atoms with Crippen molar-refractivity contribution < 1.29 is 9.59 Å². The van der Waals surface area contributed by atoms with Gasteiger partial charge in [0.2, 0.25) is 11.1 Å². The van der Waals surface area contributed by atoms with Crippen LogP contribution in [0.5, 0.6) is 0 Å². The minimum absolute atomic E-state index is 0.192. The van der Waals surface area contributed by atoms with E-state index in [1.165, 1.54) is 32.6 Å². The van der Waals surface area contributed by atoms with Gasteiger partial charge >= 0.3 is 0 Å². The van der Waals surface area contributed by atoms with Crippen LogP contribution in [-0.4, -0.2) is 42.2 Å². The van der Waals surface area contributed by atoms with E-state index in [0.717, 1.165) is 17.9 Å². The van der Waals surface area contributed by atoms with E-state index in [1.807, 2.05) is 19.0 Å². The number of rotatable bonds is 2. The maximum Gasteiger partial charge on any atom is 0.219 e. The van der Waals surface area contributed by atoms with Crippen molar-refractivity contribution in [3.05, 3.63) is 0 Å². The van der Waals surface area contributed by atoms with Crippen LogP contribution in [0.25, 0.3) is 0 Å². The molecule has 2 aliphatic rings. The molecule has 124 valence electrons. The molecule has 0 aromatic carbocycles. The maximum absolute atomic E-state index is 10.8. The normalized spacial score (nSPS) is 29.5. The molecule has 0 heterocycles. The summed E-state index contributed by atoms with van der Waals surface area (Å²) in [5.41, 5.74) is 0. The highest BCUT2D eigenvalue weighted by Gasteiger charge is 2.29. The van der Waals surface area contributed by atoms with Crippen LogP contribution in [0.15, 0.2) is 0 Å². The molecule has 5 heteroatoms. The first-order chi connectivity index (χ1) is 9.67. The number of carbonyl (C=O) groups is 2. The van der Waals surface area contributed by atoms with Gasteiger partial charge < -0.3 is 10.2 Å². The van der Waals surface area contributed by atoms with Crippen molar-refractivity contribution in [1.82, 2.24) is 10.2 Å². The SMILES string of the molecule is CC(=O)Cl.CC(=O)N(C)C1CC(C)C1.CNC1CC(C)C1. The molecule has 0 saturated heterocycles. The highest BCUT2D eigenvalue weighted by Crippen LogP contribution is 2.30. The van der Waals surface area contributed by atoms with Crippen molar-refractivity contribution in [1.29, 1.82) is 0 Å². The number of carbonyl (C=O) groups excluding carboxylic acids is 2. The van der Waals surface area contributed by atoms with Gasteiger partial charge in [-0.1, -0.05) is 13.8 Å². The first-order valence-electron chi connectivity index (χ1n) is 7.74. The second-order valence-corrected chi connectivity index (χ2v) is 6.93. The average Bonchev–Trinajstić information content (AvgIpc) is 2.30. The van der Waals surface area contributed by atoms with Gasteiger partial charge in [-0.15, -0.1) is 0 Å². The van der Waals surface area contributed by atoms with Gasteiger partial charge in [0.05, 0.1) is 0 Å². The van der Waals surface area contributed by atoms with Crippen molar-refractivity contribution in [2.24, 2.45) is 11.8 Å². The van der Waals surface area contributed by atoms with Crippen molar-refractivity contribution in [2.75, 3.05) is 14.1 Å². The topological polar surface area (TPSA) is 49.4 Å². The third-order valence-corrected chi connectivity index (χ3v) is 4.18. The molecule has 2 fully saturated rings. The van der Waals surface area contributed by atoms with E-state index in [9.17, 15) is 9.59 Å². The highest BCUT2D eigenvalue weighted by atomic mass is 35.5. The Morgan fingerprint density at radius 1 is 1.05 bits per heavy atom. The smallest absolute Gasteiger partial charge is 0.219 e. The Balaban J connectivity index is 0.000000317. The number of nitrogens with zero attached hydrogens (tertiary/aromatic N) is 1. The molecule has 0 atom stereocenters. The summed E-state index contributed by atoms with van der Waals surface area (Å²) in [6.07, 6.45) is 5.15. The molecular formula is C16H31ClN2O2. The molecule has 0 aliphatic heterocycles. The summed E-state index contributed by atoms with van der Waals surface area (Å²) in [7, 11) is 3.93. The fourth-order valence-electron chi connectivity index (χ4n) is 2.57. The van der Waals surface area contributed by atoms with Gasteiger partial charge in [-0.3, -0.25) is 9.59 Å². The van der Waals surface area contributed by atoms with E-state index < -0.39 is 0 Å². The fraction of sp³-hybridized carbons (Fsp3) is 0.875. The van der Waals surface area contributed by atoms with E-state index in [-0.39, 0.29) is 11.1 Å². The number of hydrogen-bond donors (Lipinski definition) is 1. The van der Waals surface area contributed by atoms with Crippen LogP contribution < -0.4 is 5.32 Å². The summed E-state index contributed by atoms with van der Waals surface area (Å²) < 4.78 is 0. The van der Waals surface area contributed by atoms with Gasteiger partial charge in [0.25, 0.3) is 0 Å². The van der Waals surface area contributed by atoms with Crippen molar-refractivity contribution in [3.63, 3.8) is 0 Å². The monoisotopic (exact) mass is 318 g/mol. The van der Waals surface area contributed by atoms with Crippen LogP contribution in [0.2, 0.25) is 0 Å². The van der Waals surface area contributed by atoms with Gasteiger partial charge in [0.1, 0.15) is 0 Å². The zero-order chi connectivity index (χ0) is 16.6. The van der Waals surface area contributed by atoms with Crippen LogP contribution in [0.3, 0.4) is 0 Å². The first kappa shape index (κ1) is 20.4. The van der Waals surface area contributed by atoms with Crippen LogP contribution in [0.4, 0.5) is 0 Å². The number of amides is 1. The summed E-state index contributed by atoms with van der Waals surface area (Å²) >= 11 is 4.64. The van der Waals surface area contributed by atoms with E-state index in [0.29, 0.717) is 6.04 Å². The van der Waals surface area contributed by atoms with Gasteiger partial charge in [-0.05, 0) is 56.2 Å². The lowest BCUT2D eigenvalue weighted by molar-refractivity contribution is -0.131. The van der Waals surface area contributed by atoms with Crippen LogP contribution in [0, 0.1) is 11.8 Å². The molecule has 4 nitrogen and oxygen atoms in total. The lowest BCUT2D eigenvalue weighted by Gasteiger charge is -2.39. The Hall–Kier alpha value is -0.610. The largest absolute Gasteiger partial charge is 0.343 e. The van der Waals surface area contributed by atoms with Crippen LogP contribution in [0.1, 0.15) is 53.4 Å². The average molecular weight is 319 g/mol. The van der Waals surface area contributed by atoms with Crippen LogP contribution in [-0.2, 0) is 9.59 Å². The molecule has 2 saturated carbocycles. The van der Waals surface area contributed by atoms with Crippen molar-refractivity contribution in [3.8, 4) is 0 Å². The molecule has 21 heavy (non-hydrogen) atoms. The Morgan fingerprint density at radius 2 is 1.43 bits per heavy atom. The molecule has 0 spiro atoms. The molecule has 0 bridgehead atoms. The van der Waals surface area contributed by atoms with Crippen LogP contribution >= 0.6 is 11.6 Å². The molecule has 0 aromatic heterocycles. The quantitative estimate of drug-likeness (QED) is 0.796. The van der Waals surface area contributed by atoms with Gasteiger partial charge in [-0.2, -0.15) is 0 Å². The Bertz CT molecular complexity index is 320. The predicted molar refractivity (Wildman–Crippen MR) is 88.4 cm³/mol. The van der Waals surface area contributed by atoms with E-state index >= 15 is 0 Å². The summed E-state index contributed by atoms with van der Waals surface area (Å²) in [5.74, 6) is 2.00. The maximum atomic E-state index is 10.8. The lowest BCUT2D eigenvalue weighted by Crippen LogP contribution is -2.43. The molecule has 2 aliphatic carbocycles. The third-order valence-electron chi connectivity index (χ3n) is 4.18. The van der Waals surface area contributed by atoms with E-state index in [4.69, 9.17) is 0 Å². The molecule has 1 N–H and O–H groups in total. The van der Waals surface area contributed by atoms with Gasteiger partial charge in [0.15, 0.2) is 0 Å². The van der Waals surface area contributed by atoms with Crippen molar-refractivity contribution in [2.45, 2.75) is 65.5 Å². The van der Waals surface area contributed by atoms with Gasteiger partial charge in [-0.25, -0.2) is 0 Å². The van der Waals surface area contributed by atoms with Crippen molar-refractivity contribution >= 4 is 22.8 Å². The lowest BCUT2D eigenvalue weighted by atomic mass is 9.81. The van der Waals surface area contributed by atoms with E-state index in [2.05, 4.69) is 30.8 Å². The predicted octanol–water partition coefficient (Wildman–Crippen LogP) is 3.04. The second-order valence-electron chi connectivity index (χ2n) is 6.39. The Kier molecular flexibility index (Phi) is 9.88. The van der Waals surface area contributed by atoms with E-state index in [1.54, 1.807) is 6.92 Å². The summed E-state index contributed by atoms with van der Waals surface area (Å²) in [4.78, 5) is 21.9. The number of nitrogens with one attached hydrogen (secondary N) is 1. The minimum Gasteiger partial charge on any atom is -0.343 e. The zero-order valence-electron chi connectivity index (χ0n) is 14.3. The zero-order valence-corrected chi connectivity index (χ0v) is 15.0. The molecule has 2 rings (SSSR count). The molecular weight excluding hydrogens is 288 g/mol. The van der Waals surface area contributed by atoms with Gasteiger partial charge in [0, 0.05) is 33.0 Å². The molecule has 1 amide bonds. The standard InChI is InChI=1S/C8H15NO.C6H13N.C2H3ClO/c1-6-4-8(5-6)9(3)7(2)10;1-5-3-6(4-5)7-2;1-2(3)4/h6,8H,4-5H2,1-3H3;5-7H,3-4H2,1-2H3;1H3.